The number of fused-ring (bicyclic) bond motifs is 1. The summed E-state index contributed by atoms with van der Waals surface area (Å²) in [7, 11) is 3.38. The fraction of sp³-hybridized carbons (Fsp3) is 0.0833. The van der Waals surface area contributed by atoms with E-state index in [0.717, 1.165) is 27.7 Å². The summed E-state index contributed by atoms with van der Waals surface area (Å²) in [6.45, 7) is 0. The van der Waals surface area contributed by atoms with Gasteiger partial charge in [0.05, 0.1) is 11.1 Å². The van der Waals surface area contributed by atoms with Crippen LogP contribution in [0.1, 0.15) is 5.56 Å². The van der Waals surface area contributed by atoms with Crippen LogP contribution in [0.25, 0.3) is 22.3 Å². The Bertz CT molecular complexity index is 1320. The van der Waals surface area contributed by atoms with Crippen LogP contribution in [0.4, 0.5) is 27.7 Å². The maximum absolute atomic E-state index is 12.0. The Hall–Kier alpha value is -4.46. The minimum Gasteiger partial charge on any atom is -0.398 e. The molecular weight excluding hydrogens is 402 g/mol. The molecule has 0 unspecified atom stereocenters. The van der Waals surface area contributed by atoms with E-state index in [1.165, 1.54) is 11.1 Å². The number of hydrogen-bond acceptors (Lipinski definition) is 5. The number of rotatable bonds is 5. The van der Waals surface area contributed by atoms with E-state index in [4.69, 9.17) is 21.1 Å². The van der Waals surface area contributed by atoms with Crippen LogP contribution in [0.2, 0.25) is 0 Å². The lowest BCUT2D eigenvalue weighted by Gasteiger charge is -2.14. The summed E-state index contributed by atoms with van der Waals surface area (Å²) in [4.78, 5) is 23.0. The van der Waals surface area contributed by atoms with Crippen molar-refractivity contribution in [2.45, 2.75) is 0 Å². The zero-order chi connectivity index (χ0) is 22.7. The molecule has 0 aliphatic heterocycles. The van der Waals surface area contributed by atoms with E-state index in [9.17, 15) is 4.79 Å². The van der Waals surface area contributed by atoms with Gasteiger partial charge in [-0.2, -0.15) is 0 Å². The second kappa shape index (κ2) is 8.73. The number of nitrogens with two attached hydrogens (primary N) is 2. The Morgan fingerprint density at radius 1 is 1.00 bits per heavy atom. The number of hydrogen-bond donors (Lipinski definition) is 4. The Morgan fingerprint density at radius 3 is 2.59 bits per heavy atom. The van der Waals surface area contributed by atoms with Crippen molar-refractivity contribution in [2.24, 2.45) is 0 Å². The largest absolute Gasteiger partial charge is 0.398 e. The maximum atomic E-state index is 12.0. The fourth-order valence-corrected chi connectivity index (χ4v) is 3.21. The summed E-state index contributed by atoms with van der Waals surface area (Å²) >= 11 is 0. The lowest BCUT2D eigenvalue weighted by atomic mass is 10.1. The molecule has 0 spiro atoms. The van der Waals surface area contributed by atoms with Crippen LogP contribution in [0.5, 0.6) is 0 Å². The molecule has 0 fully saturated rings. The third-order valence-electron chi connectivity index (χ3n) is 4.91. The minimum absolute atomic E-state index is 0.209. The Labute approximate surface area is 185 Å². The normalized spacial score (nSPS) is 10.6. The van der Waals surface area contributed by atoms with Gasteiger partial charge >= 0.3 is 6.03 Å². The van der Waals surface area contributed by atoms with E-state index in [0.29, 0.717) is 23.0 Å². The predicted octanol–water partition coefficient (Wildman–Crippen LogP) is 2.89. The molecule has 0 aliphatic rings. The first-order valence-electron chi connectivity index (χ1n) is 10.0. The van der Waals surface area contributed by atoms with Crippen molar-refractivity contribution in [1.82, 2.24) is 14.9 Å². The van der Waals surface area contributed by atoms with Gasteiger partial charge in [-0.3, -0.25) is 5.41 Å². The van der Waals surface area contributed by atoms with E-state index < -0.39 is 0 Å². The van der Waals surface area contributed by atoms with Gasteiger partial charge in [-0.1, -0.05) is 24.3 Å². The molecule has 0 aliphatic carbocycles. The van der Waals surface area contributed by atoms with E-state index in [1.807, 2.05) is 60.7 Å². The summed E-state index contributed by atoms with van der Waals surface area (Å²) in [6.07, 6.45) is 1.47. The average molecular weight is 427 g/mol. The third kappa shape index (κ3) is 4.34. The molecule has 160 valence electrons. The number of para-hydroxylation sites is 1. The standard InChI is InChI=1S/C24H23N7O/c1-31(2)24(32)28-17-7-5-6-15(12-17)22-29-21-9-4-3-8-19(21)23(30-22)27-18-10-11-20(26)16(13-18)14-25/h3-14,25H,26H2,1-2H3,(H,28,32)(H,27,29,30)/p+1. The van der Waals surface area contributed by atoms with Crippen molar-refractivity contribution < 1.29 is 10.2 Å². The maximum Gasteiger partial charge on any atom is 0.321 e. The van der Waals surface area contributed by atoms with Gasteiger partial charge in [0, 0.05) is 42.1 Å². The van der Waals surface area contributed by atoms with E-state index >= 15 is 0 Å². The summed E-state index contributed by atoms with van der Waals surface area (Å²) in [5, 5.41) is 12.8. The van der Waals surface area contributed by atoms with Gasteiger partial charge in [0.2, 0.25) is 0 Å². The van der Waals surface area contributed by atoms with Crippen LogP contribution in [0.15, 0.2) is 66.7 Å². The molecule has 8 nitrogen and oxygen atoms in total. The highest BCUT2D eigenvalue weighted by molar-refractivity contribution is 5.94. The molecule has 0 bridgehead atoms. The third-order valence-corrected chi connectivity index (χ3v) is 4.91. The van der Waals surface area contributed by atoms with Gasteiger partial charge in [0.25, 0.3) is 0 Å². The van der Waals surface area contributed by atoms with Gasteiger partial charge in [-0.15, -0.1) is 0 Å². The molecule has 0 saturated heterocycles. The van der Waals surface area contributed by atoms with Gasteiger partial charge in [0.1, 0.15) is 5.82 Å². The molecule has 3 aromatic carbocycles. The molecule has 6 N–H and O–H groups in total. The highest BCUT2D eigenvalue weighted by atomic mass is 16.2. The van der Waals surface area contributed by atoms with E-state index in [1.54, 1.807) is 20.2 Å². The summed E-state index contributed by atoms with van der Waals surface area (Å²) in [6, 6.07) is 20.5. The van der Waals surface area contributed by atoms with Gasteiger partial charge in [-0.05, 0) is 42.5 Å². The number of nitrogen functional groups attached to an aromatic ring is 1. The monoisotopic (exact) mass is 426 g/mol. The Balaban J connectivity index is 1.76. The summed E-state index contributed by atoms with van der Waals surface area (Å²) in [5.41, 5.74) is 10.3. The number of benzene rings is 3. The average Bonchev–Trinajstić information content (AvgIpc) is 2.80. The SMILES string of the molecule is CN(C)C(=O)Nc1cccc(-c2nc(Nc3ccc(N)c(C=[NH2+])c3)c3ccccc3n2)c1. The van der Waals surface area contributed by atoms with Crippen molar-refractivity contribution in [2.75, 3.05) is 30.5 Å². The van der Waals surface area contributed by atoms with Crippen molar-refractivity contribution >= 4 is 46.0 Å². The predicted molar refractivity (Wildman–Crippen MR) is 129 cm³/mol. The number of aromatic nitrogens is 2. The summed E-state index contributed by atoms with van der Waals surface area (Å²) < 4.78 is 0. The second-order valence-electron chi connectivity index (χ2n) is 7.45. The zero-order valence-electron chi connectivity index (χ0n) is 17.8. The number of carbonyl (C=O) groups is 1. The molecule has 2 amide bonds. The minimum atomic E-state index is -0.209. The van der Waals surface area contributed by atoms with Crippen LogP contribution >= 0.6 is 0 Å². The molecule has 0 radical (unpaired) electrons. The second-order valence-corrected chi connectivity index (χ2v) is 7.45. The number of nitrogens with one attached hydrogen (secondary N) is 2. The van der Waals surface area contributed by atoms with Gasteiger partial charge in [-0.25, -0.2) is 14.8 Å². The molecule has 4 rings (SSSR count). The molecule has 8 heteroatoms. The van der Waals surface area contributed by atoms with Crippen molar-refractivity contribution in [3.05, 3.63) is 72.3 Å². The number of urea groups is 1. The first-order chi connectivity index (χ1) is 15.4. The van der Waals surface area contributed by atoms with E-state index in [2.05, 4.69) is 10.6 Å². The lowest BCUT2D eigenvalue weighted by molar-refractivity contribution is -0.104. The van der Waals surface area contributed by atoms with Crippen molar-refractivity contribution in [3.8, 4) is 11.4 Å². The molecular formula is C24H24N7O+. The highest BCUT2D eigenvalue weighted by Gasteiger charge is 2.12. The molecule has 4 aromatic rings. The van der Waals surface area contributed by atoms with Crippen LogP contribution in [-0.4, -0.2) is 41.2 Å². The number of nitrogens with zero attached hydrogens (tertiary/aromatic N) is 3. The van der Waals surface area contributed by atoms with E-state index in [-0.39, 0.29) is 6.03 Å². The number of amides is 2. The number of anilines is 4. The highest BCUT2D eigenvalue weighted by Crippen LogP contribution is 2.29. The number of carbonyl (C=O) groups excluding carboxylic acids is 1. The fourth-order valence-electron chi connectivity index (χ4n) is 3.21. The molecule has 1 aromatic heterocycles. The zero-order valence-corrected chi connectivity index (χ0v) is 17.8. The first-order valence-corrected chi connectivity index (χ1v) is 10.0. The molecule has 32 heavy (non-hydrogen) atoms. The lowest BCUT2D eigenvalue weighted by Crippen LogP contribution is -2.30. The topological polar surface area (TPSA) is 122 Å². The van der Waals surface area contributed by atoms with Gasteiger partial charge in [0.15, 0.2) is 12.0 Å². The Kier molecular flexibility index (Phi) is 5.67. The Morgan fingerprint density at radius 2 is 1.81 bits per heavy atom. The van der Waals surface area contributed by atoms with Gasteiger partial charge < -0.3 is 21.3 Å². The van der Waals surface area contributed by atoms with Crippen LogP contribution in [-0.2, 0) is 0 Å². The first kappa shape index (κ1) is 20.8. The molecule has 0 saturated carbocycles. The summed E-state index contributed by atoms with van der Waals surface area (Å²) in [5.74, 6) is 1.19. The van der Waals surface area contributed by atoms with Crippen LogP contribution in [0.3, 0.4) is 0 Å². The van der Waals surface area contributed by atoms with Crippen LogP contribution in [0, 0.1) is 0 Å². The van der Waals surface area contributed by atoms with Crippen molar-refractivity contribution in [3.63, 3.8) is 0 Å². The quantitative estimate of drug-likeness (QED) is 0.289. The molecule has 1 heterocycles. The smallest absolute Gasteiger partial charge is 0.321 e. The van der Waals surface area contributed by atoms with Crippen LogP contribution < -0.4 is 21.8 Å². The van der Waals surface area contributed by atoms with Crippen molar-refractivity contribution in [1.29, 1.82) is 0 Å². The molecule has 0 atom stereocenters.